The van der Waals surface area contributed by atoms with Crippen LogP contribution < -0.4 is 19.3 Å². The monoisotopic (exact) mass is 454 g/mol. The van der Waals surface area contributed by atoms with Gasteiger partial charge in [-0.1, -0.05) is 24.3 Å². The van der Waals surface area contributed by atoms with E-state index in [0.717, 1.165) is 12.1 Å². The number of nitrogens with zero attached hydrogens (tertiary/aromatic N) is 2. The first-order valence-electron chi connectivity index (χ1n) is 9.96. The van der Waals surface area contributed by atoms with Gasteiger partial charge in [-0.2, -0.15) is 13.2 Å². The summed E-state index contributed by atoms with van der Waals surface area (Å²) in [5.74, 6) is -0.428. The van der Waals surface area contributed by atoms with E-state index in [1.165, 1.54) is 36.2 Å². The van der Waals surface area contributed by atoms with Crippen LogP contribution >= 0.6 is 0 Å². The second-order valence-electron chi connectivity index (χ2n) is 7.55. The first kappa shape index (κ1) is 20.9. The van der Waals surface area contributed by atoms with Crippen LogP contribution in [0, 0.1) is 0 Å². The minimum Gasteiger partial charge on any atom is -0.493 e. The van der Waals surface area contributed by atoms with Crippen LogP contribution in [0.15, 0.2) is 60.7 Å². The number of alkyl halides is 3. The number of anilines is 2. The molecule has 5 rings (SSSR count). The molecule has 2 aliphatic rings. The van der Waals surface area contributed by atoms with Gasteiger partial charge < -0.3 is 9.47 Å². The Balaban J connectivity index is 1.78. The van der Waals surface area contributed by atoms with Crippen LogP contribution in [0.4, 0.5) is 24.5 Å². The maximum absolute atomic E-state index is 13.6. The molecule has 0 bridgehead atoms. The Labute approximate surface area is 186 Å². The van der Waals surface area contributed by atoms with E-state index in [4.69, 9.17) is 9.47 Å². The number of carbonyl (C=O) groups excluding carboxylic acids is 2. The van der Waals surface area contributed by atoms with E-state index in [1.54, 1.807) is 36.4 Å². The van der Waals surface area contributed by atoms with Crippen LogP contribution in [-0.2, 0) is 6.18 Å². The summed E-state index contributed by atoms with van der Waals surface area (Å²) in [6.07, 6.45) is -5.58. The summed E-state index contributed by atoms with van der Waals surface area (Å²) in [4.78, 5) is 29.8. The molecule has 33 heavy (non-hydrogen) atoms. The van der Waals surface area contributed by atoms with Gasteiger partial charge in [0.2, 0.25) is 0 Å². The number of hydrogen-bond donors (Lipinski definition) is 0. The molecule has 9 heteroatoms. The number of halogens is 3. The van der Waals surface area contributed by atoms with Gasteiger partial charge >= 0.3 is 6.18 Å². The molecule has 0 saturated carbocycles. The molecule has 2 aliphatic heterocycles. The summed E-state index contributed by atoms with van der Waals surface area (Å²) < 4.78 is 51.0. The predicted molar refractivity (Wildman–Crippen MR) is 114 cm³/mol. The quantitative estimate of drug-likeness (QED) is 0.556. The highest BCUT2D eigenvalue weighted by atomic mass is 19.4. The second-order valence-corrected chi connectivity index (χ2v) is 7.55. The Morgan fingerprint density at radius 1 is 0.848 bits per heavy atom. The maximum atomic E-state index is 13.6. The number of carbonyl (C=O) groups is 2. The van der Waals surface area contributed by atoms with Crippen LogP contribution in [0.2, 0.25) is 0 Å². The molecule has 2 heterocycles. The largest absolute Gasteiger partial charge is 0.493 e. The third-order valence-electron chi connectivity index (χ3n) is 5.84. The van der Waals surface area contributed by atoms with Crippen molar-refractivity contribution in [1.82, 2.24) is 0 Å². The molecule has 168 valence electrons. The molecule has 0 fully saturated rings. The van der Waals surface area contributed by atoms with Gasteiger partial charge in [-0.15, -0.1) is 0 Å². The smallest absolute Gasteiger partial charge is 0.416 e. The Morgan fingerprint density at radius 3 is 2.30 bits per heavy atom. The summed E-state index contributed by atoms with van der Waals surface area (Å²) in [6, 6.07) is 14.2. The highest BCUT2D eigenvalue weighted by Crippen LogP contribution is 2.51. The van der Waals surface area contributed by atoms with Crippen molar-refractivity contribution < 1.29 is 32.2 Å². The summed E-state index contributed by atoms with van der Waals surface area (Å²) in [6.45, 7) is 0. The normalized spacial score (nSPS) is 16.9. The molecule has 6 nitrogen and oxygen atoms in total. The van der Waals surface area contributed by atoms with E-state index in [1.807, 2.05) is 0 Å². The number of fused-ring (bicyclic) bond motifs is 5. The number of benzene rings is 3. The van der Waals surface area contributed by atoms with Crippen LogP contribution in [0.25, 0.3) is 0 Å². The average molecular weight is 454 g/mol. The molecule has 2 amide bonds. The number of rotatable bonds is 3. The molecule has 0 aliphatic carbocycles. The van der Waals surface area contributed by atoms with Crippen molar-refractivity contribution in [2.24, 2.45) is 0 Å². The summed E-state index contributed by atoms with van der Waals surface area (Å²) in [5.41, 5.74) is 0.335. The predicted octanol–water partition coefficient (Wildman–Crippen LogP) is 5.04. The minimum absolute atomic E-state index is 0.0229. The number of ether oxygens (including phenoxy) is 2. The Morgan fingerprint density at radius 2 is 1.61 bits per heavy atom. The lowest BCUT2D eigenvalue weighted by Gasteiger charge is -2.41. The average Bonchev–Trinajstić information content (AvgIpc) is 3.10. The van der Waals surface area contributed by atoms with Crippen molar-refractivity contribution in [3.8, 4) is 11.5 Å². The molecule has 0 saturated heterocycles. The molecule has 1 unspecified atom stereocenters. The van der Waals surface area contributed by atoms with Crippen molar-refractivity contribution in [3.05, 3.63) is 82.9 Å². The summed E-state index contributed by atoms with van der Waals surface area (Å²) in [5, 5.41) is 0. The molecule has 0 N–H and O–H groups in total. The van der Waals surface area contributed by atoms with Crippen LogP contribution in [0.5, 0.6) is 11.5 Å². The second kappa shape index (κ2) is 7.26. The van der Waals surface area contributed by atoms with E-state index < -0.39 is 29.7 Å². The molecule has 3 aromatic rings. The van der Waals surface area contributed by atoms with Crippen molar-refractivity contribution in [1.29, 1.82) is 0 Å². The zero-order chi connectivity index (χ0) is 23.5. The van der Waals surface area contributed by atoms with E-state index in [9.17, 15) is 22.8 Å². The highest BCUT2D eigenvalue weighted by Gasteiger charge is 2.50. The number of para-hydroxylation sites is 1. The standard InChI is InChI=1S/C24H17F3N2O4/c1-32-18-11-10-16-19(20(18)33-2)23(31)29-17-9-4-3-8-15(17)22(30)28(21(16)29)14-7-5-6-13(12-14)24(25,26)27/h3-12,21H,1-2H3. The zero-order valence-corrected chi connectivity index (χ0v) is 17.5. The van der Waals surface area contributed by atoms with Gasteiger partial charge in [-0.05, 0) is 36.4 Å². The van der Waals surface area contributed by atoms with E-state index >= 15 is 0 Å². The molecule has 3 aromatic carbocycles. The van der Waals surface area contributed by atoms with Gasteiger partial charge in [0.1, 0.15) is 6.17 Å². The van der Waals surface area contributed by atoms with Crippen LogP contribution in [-0.4, -0.2) is 26.0 Å². The highest BCUT2D eigenvalue weighted by molar-refractivity contribution is 6.22. The van der Waals surface area contributed by atoms with E-state index in [2.05, 4.69) is 0 Å². The molecule has 0 spiro atoms. The Bertz CT molecular complexity index is 1310. The van der Waals surface area contributed by atoms with Crippen molar-refractivity contribution in [2.45, 2.75) is 12.3 Å². The van der Waals surface area contributed by atoms with E-state index in [-0.39, 0.29) is 22.6 Å². The lowest BCUT2D eigenvalue weighted by Crippen LogP contribution is -2.48. The fourth-order valence-corrected chi connectivity index (χ4v) is 4.44. The van der Waals surface area contributed by atoms with Gasteiger partial charge in [-0.3, -0.25) is 19.4 Å². The summed E-state index contributed by atoms with van der Waals surface area (Å²) in [7, 11) is 2.83. The van der Waals surface area contributed by atoms with Crippen molar-refractivity contribution in [2.75, 3.05) is 24.0 Å². The fourth-order valence-electron chi connectivity index (χ4n) is 4.44. The van der Waals surface area contributed by atoms with Crippen molar-refractivity contribution >= 4 is 23.2 Å². The topological polar surface area (TPSA) is 59.1 Å². The van der Waals surface area contributed by atoms with E-state index in [0.29, 0.717) is 17.0 Å². The Hall–Kier alpha value is -4.01. The number of amides is 2. The lowest BCUT2D eigenvalue weighted by molar-refractivity contribution is -0.137. The lowest BCUT2D eigenvalue weighted by atomic mass is 10.0. The molecular formula is C24H17F3N2O4. The van der Waals surface area contributed by atoms with Gasteiger partial charge in [0.15, 0.2) is 11.5 Å². The van der Waals surface area contributed by atoms with Gasteiger partial charge in [0, 0.05) is 11.3 Å². The zero-order valence-electron chi connectivity index (χ0n) is 17.5. The molecular weight excluding hydrogens is 437 g/mol. The van der Waals surface area contributed by atoms with Gasteiger partial charge in [-0.25, -0.2) is 0 Å². The first-order valence-corrected chi connectivity index (χ1v) is 9.96. The number of methoxy groups -OCH3 is 2. The maximum Gasteiger partial charge on any atom is 0.416 e. The van der Waals surface area contributed by atoms with Gasteiger partial charge in [0.05, 0.1) is 36.6 Å². The Kier molecular flexibility index (Phi) is 4.59. The first-order chi connectivity index (χ1) is 15.8. The minimum atomic E-state index is -4.59. The third-order valence-corrected chi connectivity index (χ3v) is 5.84. The molecule has 1 atom stereocenters. The molecule has 0 aromatic heterocycles. The summed E-state index contributed by atoms with van der Waals surface area (Å²) >= 11 is 0. The fraction of sp³-hybridized carbons (Fsp3) is 0.167. The number of hydrogen-bond acceptors (Lipinski definition) is 4. The third kappa shape index (κ3) is 2.95. The van der Waals surface area contributed by atoms with Crippen LogP contribution in [0.1, 0.15) is 38.0 Å². The molecule has 0 radical (unpaired) electrons. The van der Waals surface area contributed by atoms with Gasteiger partial charge in [0.25, 0.3) is 11.8 Å². The SMILES string of the molecule is COc1ccc2c(c1OC)C(=O)N1c3ccccc3C(=O)N(c3cccc(C(F)(F)F)c3)C21. The van der Waals surface area contributed by atoms with Crippen molar-refractivity contribution in [3.63, 3.8) is 0 Å². The van der Waals surface area contributed by atoms with Crippen LogP contribution in [0.3, 0.4) is 0 Å².